The van der Waals surface area contributed by atoms with Crippen molar-refractivity contribution in [3.05, 3.63) is 14.5 Å². The molecule has 0 aliphatic heterocycles. The summed E-state index contributed by atoms with van der Waals surface area (Å²) in [5, 5.41) is 7.97. The molecule has 12 heavy (non-hydrogen) atoms. The van der Waals surface area contributed by atoms with E-state index >= 15 is 0 Å². The predicted octanol–water partition coefficient (Wildman–Crippen LogP) is 1.07. The Kier molecular flexibility index (Phi) is 1.91. The van der Waals surface area contributed by atoms with Crippen LogP contribution < -0.4 is 5.73 Å². The Balaban J connectivity index is 2.97. The van der Waals surface area contributed by atoms with Gasteiger partial charge in [-0.2, -0.15) is 0 Å². The number of hydrogen-bond donors (Lipinski definition) is 1. The minimum absolute atomic E-state index is 0.438. The number of fused-ring (bicyclic) bond motifs is 1. The maximum Gasteiger partial charge on any atom is 0.154 e. The highest BCUT2D eigenvalue weighted by atomic mass is 127. The third kappa shape index (κ3) is 1.07. The second-order valence-electron chi connectivity index (χ2n) is 2.09. The van der Waals surface area contributed by atoms with Crippen molar-refractivity contribution in [2.75, 3.05) is 5.73 Å². The lowest BCUT2D eigenvalue weighted by molar-refractivity contribution is 0.777. The van der Waals surface area contributed by atoms with Crippen molar-refractivity contribution in [1.82, 2.24) is 19.8 Å². The normalized spacial score (nSPS) is 10.8. The molecule has 0 saturated heterocycles. The second kappa shape index (κ2) is 2.80. The molecule has 2 rings (SSSR count). The molecule has 2 aromatic rings. The van der Waals surface area contributed by atoms with Gasteiger partial charge in [0.1, 0.15) is 16.4 Å². The summed E-state index contributed by atoms with van der Waals surface area (Å²) in [5.41, 5.74) is 6.37. The molecule has 0 amide bonds. The zero-order valence-electron chi connectivity index (χ0n) is 5.70. The van der Waals surface area contributed by atoms with Gasteiger partial charge in [0.05, 0.1) is 3.57 Å². The highest BCUT2D eigenvalue weighted by molar-refractivity contribution is 14.1. The van der Waals surface area contributed by atoms with Gasteiger partial charge < -0.3 is 5.73 Å². The standard InChI is InChI=1S/C5H3BrIN5/c6-4-2(7)3-5(8)9-1-10-12(3)11-4/h1H,(H2,8,9,10). The van der Waals surface area contributed by atoms with Gasteiger partial charge in [-0.05, 0) is 38.5 Å². The Morgan fingerprint density at radius 1 is 1.58 bits per heavy atom. The van der Waals surface area contributed by atoms with Gasteiger partial charge >= 0.3 is 0 Å². The maximum atomic E-state index is 5.63. The summed E-state index contributed by atoms with van der Waals surface area (Å²) in [5.74, 6) is 0.438. The fourth-order valence-electron chi connectivity index (χ4n) is 0.859. The molecule has 0 radical (unpaired) electrons. The highest BCUT2D eigenvalue weighted by Crippen LogP contribution is 2.24. The number of nitrogens with two attached hydrogens (primary N) is 1. The number of nitrogen functional groups attached to an aromatic ring is 1. The smallest absolute Gasteiger partial charge is 0.154 e. The van der Waals surface area contributed by atoms with Crippen LogP contribution in [0.4, 0.5) is 5.82 Å². The average molecular weight is 340 g/mol. The molecule has 0 aliphatic carbocycles. The maximum absolute atomic E-state index is 5.63. The monoisotopic (exact) mass is 339 g/mol. The van der Waals surface area contributed by atoms with Crippen LogP contribution in [0.25, 0.3) is 5.52 Å². The van der Waals surface area contributed by atoms with E-state index in [4.69, 9.17) is 5.73 Å². The third-order valence-corrected chi connectivity index (χ3v) is 3.69. The molecular weight excluding hydrogens is 337 g/mol. The first-order valence-corrected chi connectivity index (χ1v) is 4.88. The van der Waals surface area contributed by atoms with Gasteiger partial charge in [-0.15, -0.1) is 14.8 Å². The van der Waals surface area contributed by atoms with Crippen LogP contribution in [0.3, 0.4) is 0 Å². The van der Waals surface area contributed by atoms with E-state index in [2.05, 4.69) is 53.7 Å². The van der Waals surface area contributed by atoms with Crippen LogP contribution >= 0.6 is 38.5 Å². The second-order valence-corrected chi connectivity index (χ2v) is 3.92. The van der Waals surface area contributed by atoms with Gasteiger partial charge in [0.2, 0.25) is 0 Å². The van der Waals surface area contributed by atoms with Gasteiger partial charge in [0, 0.05) is 0 Å². The van der Waals surface area contributed by atoms with Crippen LogP contribution in [-0.4, -0.2) is 19.8 Å². The Hall–Kier alpha value is -0.440. The summed E-state index contributed by atoms with van der Waals surface area (Å²) in [7, 11) is 0. The molecule has 2 heterocycles. The summed E-state index contributed by atoms with van der Waals surface area (Å²) in [6.07, 6.45) is 1.37. The van der Waals surface area contributed by atoms with Crippen LogP contribution in [0.1, 0.15) is 0 Å². The number of hydrogen-bond acceptors (Lipinski definition) is 4. The Morgan fingerprint density at radius 2 is 2.33 bits per heavy atom. The Morgan fingerprint density at radius 3 is 3.00 bits per heavy atom. The first-order chi connectivity index (χ1) is 5.70. The van der Waals surface area contributed by atoms with Gasteiger partial charge in [0.15, 0.2) is 5.82 Å². The average Bonchev–Trinajstić information content (AvgIpc) is 2.29. The zero-order chi connectivity index (χ0) is 8.72. The van der Waals surface area contributed by atoms with Crippen molar-refractivity contribution in [2.24, 2.45) is 0 Å². The van der Waals surface area contributed by atoms with Crippen LogP contribution in [0, 0.1) is 3.57 Å². The molecule has 2 N–H and O–H groups in total. The van der Waals surface area contributed by atoms with Gasteiger partial charge in [0.25, 0.3) is 0 Å². The molecule has 0 aliphatic rings. The number of anilines is 1. The van der Waals surface area contributed by atoms with Crippen LogP contribution in [0.2, 0.25) is 0 Å². The van der Waals surface area contributed by atoms with Gasteiger partial charge in [-0.1, -0.05) is 0 Å². The molecule has 0 bridgehead atoms. The van der Waals surface area contributed by atoms with Crippen molar-refractivity contribution >= 4 is 49.9 Å². The summed E-state index contributed by atoms with van der Waals surface area (Å²) in [4.78, 5) is 3.86. The molecule has 62 valence electrons. The first kappa shape index (κ1) is 8.17. The molecule has 0 unspecified atom stereocenters. The molecule has 0 saturated carbocycles. The topological polar surface area (TPSA) is 69.1 Å². The largest absolute Gasteiger partial charge is 0.382 e. The molecule has 0 spiro atoms. The lowest BCUT2D eigenvalue weighted by Crippen LogP contribution is -1.99. The number of halogens is 2. The molecule has 0 atom stereocenters. The SMILES string of the molecule is Nc1ncnn2nc(Br)c(I)c12. The number of aromatic nitrogens is 4. The quantitative estimate of drug-likeness (QED) is 0.729. The van der Waals surface area contributed by atoms with E-state index in [-0.39, 0.29) is 0 Å². The minimum Gasteiger partial charge on any atom is -0.382 e. The van der Waals surface area contributed by atoms with Crippen molar-refractivity contribution in [1.29, 1.82) is 0 Å². The van der Waals surface area contributed by atoms with Gasteiger partial charge in [-0.3, -0.25) is 0 Å². The van der Waals surface area contributed by atoms with E-state index in [1.165, 1.54) is 11.0 Å². The summed E-state index contributed by atoms with van der Waals surface area (Å²) in [6, 6.07) is 0. The van der Waals surface area contributed by atoms with Crippen molar-refractivity contribution in [2.45, 2.75) is 0 Å². The van der Waals surface area contributed by atoms with Gasteiger partial charge in [-0.25, -0.2) is 4.98 Å². The highest BCUT2D eigenvalue weighted by Gasteiger charge is 2.11. The lowest BCUT2D eigenvalue weighted by atomic mass is 10.5. The first-order valence-electron chi connectivity index (χ1n) is 3.00. The third-order valence-electron chi connectivity index (χ3n) is 1.37. The van der Waals surface area contributed by atoms with Crippen LogP contribution in [-0.2, 0) is 0 Å². The van der Waals surface area contributed by atoms with E-state index in [1.54, 1.807) is 0 Å². The fourth-order valence-corrected chi connectivity index (χ4v) is 1.80. The van der Waals surface area contributed by atoms with Crippen LogP contribution in [0.15, 0.2) is 10.9 Å². The van der Waals surface area contributed by atoms with E-state index in [0.29, 0.717) is 5.82 Å². The molecule has 2 aromatic heterocycles. The summed E-state index contributed by atoms with van der Waals surface area (Å²) < 4.78 is 3.11. The lowest BCUT2D eigenvalue weighted by Gasteiger charge is -1.93. The zero-order valence-corrected chi connectivity index (χ0v) is 9.44. The molecule has 0 aromatic carbocycles. The van der Waals surface area contributed by atoms with E-state index in [1.807, 2.05) is 0 Å². The van der Waals surface area contributed by atoms with Crippen molar-refractivity contribution in [3.8, 4) is 0 Å². The predicted molar refractivity (Wildman–Crippen MR) is 55.6 cm³/mol. The number of nitrogens with zero attached hydrogens (tertiary/aromatic N) is 4. The van der Waals surface area contributed by atoms with Crippen molar-refractivity contribution < 1.29 is 0 Å². The molecular formula is C5H3BrIN5. The fraction of sp³-hybridized carbons (Fsp3) is 0. The Labute approximate surface area is 89.6 Å². The molecule has 0 fully saturated rings. The van der Waals surface area contributed by atoms with E-state index in [0.717, 1.165) is 13.7 Å². The molecule has 5 nitrogen and oxygen atoms in total. The summed E-state index contributed by atoms with van der Waals surface area (Å²) >= 11 is 5.41. The van der Waals surface area contributed by atoms with Crippen molar-refractivity contribution in [3.63, 3.8) is 0 Å². The van der Waals surface area contributed by atoms with Crippen LogP contribution in [0.5, 0.6) is 0 Å². The Bertz CT molecular complexity index is 439. The van der Waals surface area contributed by atoms with E-state index < -0.39 is 0 Å². The molecule has 7 heteroatoms. The van der Waals surface area contributed by atoms with E-state index in [9.17, 15) is 0 Å². The summed E-state index contributed by atoms with van der Waals surface area (Å²) in [6.45, 7) is 0. The minimum atomic E-state index is 0.438. The number of rotatable bonds is 0.